The molecule has 1 heterocycles. The molecule has 0 spiro atoms. The third-order valence-corrected chi connectivity index (χ3v) is 3.69. The van der Waals surface area contributed by atoms with E-state index in [-0.39, 0.29) is 30.2 Å². The highest BCUT2D eigenvalue weighted by Gasteiger charge is 2.35. The molecule has 0 aromatic heterocycles. The van der Waals surface area contributed by atoms with Crippen LogP contribution in [0.15, 0.2) is 24.3 Å². The Hall–Kier alpha value is -2.17. The highest BCUT2D eigenvalue weighted by molar-refractivity contribution is 6.21. The first kappa shape index (κ1) is 15.2. The van der Waals surface area contributed by atoms with Crippen LogP contribution in [0.3, 0.4) is 0 Å². The third kappa shape index (κ3) is 2.96. The van der Waals surface area contributed by atoms with Crippen LogP contribution in [0.4, 0.5) is 0 Å². The smallest absolute Gasteiger partial charge is 0.308 e. The molecule has 1 aliphatic rings. The standard InChI is InChI=1S/C16H19NO4/c1-3-11(16(20)21-4-2)9-10-17-14(18)12-7-5-6-8-13(12)15(17)19/h5-8,11H,3-4,9-10H2,1-2H3. The molecule has 2 amide bonds. The molecule has 21 heavy (non-hydrogen) atoms. The number of rotatable bonds is 6. The van der Waals surface area contributed by atoms with E-state index in [1.807, 2.05) is 6.92 Å². The fourth-order valence-electron chi connectivity index (χ4n) is 2.48. The lowest BCUT2D eigenvalue weighted by molar-refractivity contribution is -0.148. The van der Waals surface area contributed by atoms with Crippen LogP contribution in [0.25, 0.3) is 0 Å². The van der Waals surface area contributed by atoms with Crippen LogP contribution in [0, 0.1) is 5.92 Å². The Morgan fingerprint density at radius 1 is 1.14 bits per heavy atom. The molecule has 0 saturated heterocycles. The van der Waals surface area contributed by atoms with Crippen molar-refractivity contribution in [3.8, 4) is 0 Å². The summed E-state index contributed by atoms with van der Waals surface area (Å²) in [7, 11) is 0. The van der Waals surface area contributed by atoms with Gasteiger partial charge in [-0.05, 0) is 31.9 Å². The van der Waals surface area contributed by atoms with Crippen LogP contribution >= 0.6 is 0 Å². The number of benzene rings is 1. The first-order valence-corrected chi connectivity index (χ1v) is 7.22. The zero-order valence-electron chi connectivity index (χ0n) is 12.3. The number of carbonyl (C=O) groups is 3. The zero-order chi connectivity index (χ0) is 15.4. The maximum absolute atomic E-state index is 12.2. The lowest BCUT2D eigenvalue weighted by Crippen LogP contribution is -2.33. The molecular formula is C16H19NO4. The van der Waals surface area contributed by atoms with Crippen LogP contribution in [0.5, 0.6) is 0 Å². The van der Waals surface area contributed by atoms with Gasteiger partial charge in [0.1, 0.15) is 0 Å². The van der Waals surface area contributed by atoms with Gasteiger partial charge >= 0.3 is 5.97 Å². The van der Waals surface area contributed by atoms with Gasteiger partial charge in [0, 0.05) is 6.54 Å². The van der Waals surface area contributed by atoms with Gasteiger partial charge < -0.3 is 4.74 Å². The summed E-state index contributed by atoms with van der Waals surface area (Å²) in [4.78, 5) is 37.3. The molecule has 0 saturated carbocycles. The highest BCUT2D eigenvalue weighted by Crippen LogP contribution is 2.23. The number of hydrogen-bond acceptors (Lipinski definition) is 4. The summed E-state index contributed by atoms with van der Waals surface area (Å²) in [6, 6.07) is 6.78. The molecule has 1 unspecified atom stereocenters. The van der Waals surface area contributed by atoms with Crippen molar-refractivity contribution in [1.82, 2.24) is 4.90 Å². The second kappa shape index (κ2) is 6.52. The van der Waals surface area contributed by atoms with Crippen molar-refractivity contribution in [3.05, 3.63) is 35.4 Å². The summed E-state index contributed by atoms with van der Waals surface area (Å²) < 4.78 is 5.00. The number of carbonyl (C=O) groups excluding carboxylic acids is 3. The Balaban J connectivity index is 2.03. The number of hydrogen-bond donors (Lipinski definition) is 0. The van der Waals surface area contributed by atoms with Crippen LogP contribution in [-0.4, -0.2) is 35.8 Å². The number of imide groups is 1. The molecule has 1 aromatic carbocycles. The molecule has 1 atom stereocenters. The summed E-state index contributed by atoms with van der Waals surface area (Å²) in [5.74, 6) is -1.12. The molecule has 1 aliphatic heterocycles. The average Bonchev–Trinajstić information content (AvgIpc) is 2.73. The molecule has 2 rings (SSSR count). The Kier molecular flexibility index (Phi) is 4.73. The predicted molar refractivity (Wildman–Crippen MR) is 76.8 cm³/mol. The van der Waals surface area contributed by atoms with Gasteiger partial charge in [0.05, 0.1) is 23.7 Å². The van der Waals surface area contributed by atoms with Gasteiger partial charge in [0.15, 0.2) is 0 Å². The van der Waals surface area contributed by atoms with Gasteiger partial charge in [-0.2, -0.15) is 0 Å². The van der Waals surface area contributed by atoms with Crippen molar-refractivity contribution in [2.75, 3.05) is 13.2 Å². The van der Waals surface area contributed by atoms with E-state index in [1.54, 1.807) is 31.2 Å². The molecule has 0 aliphatic carbocycles. The Bertz CT molecular complexity index is 532. The van der Waals surface area contributed by atoms with E-state index in [1.165, 1.54) is 4.90 Å². The summed E-state index contributed by atoms with van der Waals surface area (Å²) in [6.07, 6.45) is 1.06. The number of amides is 2. The van der Waals surface area contributed by atoms with E-state index in [0.29, 0.717) is 30.6 Å². The largest absolute Gasteiger partial charge is 0.466 e. The molecule has 1 aromatic rings. The van der Waals surface area contributed by atoms with Crippen LogP contribution in [0.2, 0.25) is 0 Å². The van der Waals surface area contributed by atoms with E-state index in [4.69, 9.17) is 4.74 Å². The molecule has 0 fully saturated rings. The maximum Gasteiger partial charge on any atom is 0.308 e. The lowest BCUT2D eigenvalue weighted by Gasteiger charge is -2.18. The van der Waals surface area contributed by atoms with Crippen LogP contribution in [0.1, 0.15) is 47.4 Å². The summed E-state index contributed by atoms with van der Waals surface area (Å²) in [5, 5.41) is 0. The zero-order valence-corrected chi connectivity index (χ0v) is 12.3. The van der Waals surface area contributed by atoms with Crippen molar-refractivity contribution in [2.24, 2.45) is 5.92 Å². The first-order chi connectivity index (χ1) is 10.1. The Morgan fingerprint density at radius 2 is 1.71 bits per heavy atom. The van der Waals surface area contributed by atoms with Gasteiger partial charge in [-0.15, -0.1) is 0 Å². The number of esters is 1. The normalized spacial score (nSPS) is 15.0. The minimum atomic E-state index is -0.283. The van der Waals surface area contributed by atoms with Crippen molar-refractivity contribution in [2.45, 2.75) is 26.7 Å². The van der Waals surface area contributed by atoms with Crippen LogP contribution < -0.4 is 0 Å². The van der Waals surface area contributed by atoms with Crippen molar-refractivity contribution < 1.29 is 19.1 Å². The van der Waals surface area contributed by atoms with Crippen molar-refractivity contribution in [3.63, 3.8) is 0 Å². The molecular weight excluding hydrogens is 270 g/mol. The minimum Gasteiger partial charge on any atom is -0.466 e. The Morgan fingerprint density at radius 3 is 2.19 bits per heavy atom. The van der Waals surface area contributed by atoms with E-state index in [0.717, 1.165) is 0 Å². The van der Waals surface area contributed by atoms with Gasteiger partial charge in [0.25, 0.3) is 11.8 Å². The third-order valence-electron chi connectivity index (χ3n) is 3.69. The molecule has 0 radical (unpaired) electrons. The van der Waals surface area contributed by atoms with Gasteiger partial charge in [-0.1, -0.05) is 19.1 Å². The molecule has 112 valence electrons. The molecule has 0 bridgehead atoms. The minimum absolute atomic E-state index is 0.240. The molecule has 5 nitrogen and oxygen atoms in total. The van der Waals surface area contributed by atoms with Gasteiger partial charge in [-0.25, -0.2) is 0 Å². The summed E-state index contributed by atoms with van der Waals surface area (Å²) >= 11 is 0. The van der Waals surface area contributed by atoms with E-state index in [2.05, 4.69) is 0 Å². The monoisotopic (exact) mass is 289 g/mol. The second-order valence-electron chi connectivity index (χ2n) is 4.95. The summed E-state index contributed by atoms with van der Waals surface area (Å²) in [5.41, 5.74) is 0.873. The topological polar surface area (TPSA) is 63.7 Å². The van der Waals surface area contributed by atoms with Crippen LogP contribution in [-0.2, 0) is 9.53 Å². The SMILES string of the molecule is CCOC(=O)C(CC)CCN1C(=O)c2ccccc2C1=O. The fourth-order valence-corrected chi connectivity index (χ4v) is 2.48. The van der Waals surface area contributed by atoms with Gasteiger partial charge in [0.2, 0.25) is 0 Å². The van der Waals surface area contributed by atoms with E-state index >= 15 is 0 Å². The average molecular weight is 289 g/mol. The second-order valence-corrected chi connectivity index (χ2v) is 4.95. The lowest BCUT2D eigenvalue weighted by atomic mass is 10.0. The fraction of sp³-hybridized carbons (Fsp3) is 0.438. The van der Waals surface area contributed by atoms with Crippen molar-refractivity contribution in [1.29, 1.82) is 0 Å². The Labute approximate surface area is 123 Å². The van der Waals surface area contributed by atoms with Crippen molar-refractivity contribution >= 4 is 17.8 Å². The van der Waals surface area contributed by atoms with E-state index < -0.39 is 0 Å². The number of ether oxygens (including phenoxy) is 1. The molecule has 5 heteroatoms. The quantitative estimate of drug-likeness (QED) is 0.595. The number of fused-ring (bicyclic) bond motifs is 1. The maximum atomic E-state index is 12.2. The van der Waals surface area contributed by atoms with E-state index in [9.17, 15) is 14.4 Å². The summed E-state index contributed by atoms with van der Waals surface area (Å²) in [6.45, 7) is 4.23. The van der Waals surface area contributed by atoms with Gasteiger partial charge in [-0.3, -0.25) is 19.3 Å². The number of nitrogens with zero attached hydrogens (tertiary/aromatic N) is 1. The predicted octanol–water partition coefficient (Wildman–Crippen LogP) is 2.26. The first-order valence-electron chi connectivity index (χ1n) is 7.22. The highest BCUT2D eigenvalue weighted by atomic mass is 16.5. The molecule has 0 N–H and O–H groups in total.